The third-order valence-electron chi connectivity index (χ3n) is 7.05. The maximum absolute atomic E-state index is 13.6. The van der Waals surface area contributed by atoms with Gasteiger partial charge in [0, 0.05) is 45.1 Å². The zero-order valence-electron chi connectivity index (χ0n) is 20.5. The Kier molecular flexibility index (Phi) is 7.86. The number of amides is 2. The molecule has 2 aliphatic rings. The lowest BCUT2D eigenvalue weighted by Crippen LogP contribution is -2.41. The van der Waals surface area contributed by atoms with Gasteiger partial charge in [-0.3, -0.25) is 14.4 Å². The summed E-state index contributed by atoms with van der Waals surface area (Å²) in [5.41, 5.74) is 1.14. The maximum atomic E-state index is 13.6. The third-order valence-corrected chi connectivity index (χ3v) is 7.05. The first-order chi connectivity index (χ1) is 16.4. The van der Waals surface area contributed by atoms with Crippen molar-refractivity contribution in [3.63, 3.8) is 0 Å². The Bertz CT molecular complexity index is 1050. The number of carbonyl (C=O) groups is 2. The number of benzene rings is 1. The first kappa shape index (κ1) is 24.2. The summed E-state index contributed by atoms with van der Waals surface area (Å²) in [5, 5.41) is 0. The molecule has 0 spiro atoms. The quantitative estimate of drug-likeness (QED) is 0.654. The summed E-state index contributed by atoms with van der Waals surface area (Å²) in [7, 11) is 0. The van der Waals surface area contributed by atoms with Crippen molar-refractivity contribution in [1.82, 2.24) is 14.4 Å². The van der Waals surface area contributed by atoms with Crippen molar-refractivity contribution in [1.29, 1.82) is 0 Å². The number of carbonyl (C=O) groups excluding carboxylic acids is 2. The maximum Gasteiger partial charge on any atom is 0.259 e. The second kappa shape index (κ2) is 11.0. The van der Waals surface area contributed by atoms with E-state index in [1.165, 1.54) is 5.56 Å². The fraction of sp³-hybridized carbons (Fsp3) is 0.536. The molecule has 1 unspecified atom stereocenters. The highest BCUT2D eigenvalue weighted by Gasteiger charge is 2.28. The van der Waals surface area contributed by atoms with Gasteiger partial charge in [-0.1, -0.05) is 44.2 Å². The van der Waals surface area contributed by atoms with Gasteiger partial charge >= 0.3 is 0 Å². The SMILES string of the molecule is CC(C)Cn1cc(C(=O)N2CCCCC2)c(=O)c(C(=O)N2CCCC(c3ccccc3)CC2)c1. The van der Waals surface area contributed by atoms with Crippen molar-refractivity contribution in [2.24, 2.45) is 5.92 Å². The molecule has 2 amide bonds. The van der Waals surface area contributed by atoms with Crippen LogP contribution in [0.15, 0.2) is 47.5 Å². The molecular formula is C28H37N3O3. The Balaban J connectivity index is 1.59. The number of pyridine rings is 1. The van der Waals surface area contributed by atoms with Crippen LogP contribution in [-0.4, -0.2) is 52.4 Å². The molecule has 2 aromatic rings. The molecule has 182 valence electrons. The normalized spacial score (nSPS) is 19.2. The van der Waals surface area contributed by atoms with E-state index in [0.717, 1.165) is 38.5 Å². The molecule has 0 bridgehead atoms. The van der Waals surface area contributed by atoms with E-state index in [1.807, 2.05) is 15.5 Å². The van der Waals surface area contributed by atoms with Crippen LogP contribution in [0.5, 0.6) is 0 Å². The van der Waals surface area contributed by atoms with Gasteiger partial charge in [0.1, 0.15) is 11.1 Å². The molecule has 1 aromatic heterocycles. The highest BCUT2D eigenvalue weighted by atomic mass is 16.2. The lowest BCUT2D eigenvalue weighted by molar-refractivity contribution is 0.0721. The Labute approximate surface area is 202 Å². The van der Waals surface area contributed by atoms with E-state index in [9.17, 15) is 14.4 Å². The minimum Gasteiger partial charge on any atom is -0.352 e. The van der Waals surface area contributed by atoms with Crippen LogP contribution in [0.4, 0.5) is 0 Å². The van der Waals surface area contributed by atoms with Gasteiger partial charge in [-0.05, 0) is 55.9 Å². The van der Waals surface area contributed by atoms with Crippen molar-refractivity contribution >= 4 is 11.8 Å². The molecule has 1 aromatic carbocycles. The van der Waals surface area contributed by atoms with Crippen LogP contribution in [0.3, 0.4) is 0 Å². The lowest BCUT2D eigenvalue weighted by atomic mass is 9.92. The predicted octanol–water partition coefficient (Wildman–Crippen LogP) is 4.54. The average molecular weight is 464 g/mol. The molecule has 0 radical (unpaired) electrons. The molecular weight excluding hydrogens is 426 g/mol. The highest BCUT2D eigenvalue weighted by Crippen LogP contribution is 2.28. The summed E-state index contributed by atoms with van der Waals surface area (Å²) in [6.45, 7) is 7.43. The standard InChI is InChI=1S/C28H37N3O3/c1-21(2)18-29-19-24(27(33)30-14-7-4-8-15-30)26(32)25(20-29)28(34)31-16-9-12-23(13-17-31)22-10-5-3-6-11-22/h3,5-6,10-11,19-21,23H,4,7-9,12-18H2,1-2H3. The topological polar surface area (TPSA) is 62.6 Å². The monoisotopic (exact) mass is 463 g/mol. The van der Waals surface area contributed by atoms with E-state index >= 15 is 0 Å². The van der Waals surface area contributed by atoms with Crippen LogP contribution < -0.4 is 5.43 Å². The number of piperidine rings is 1. The van der Waals surface area contributed by atoms with E-state index in [1.54, 1.807) is 17.3 Å². The molecule has 3 heterocycles. The van der Waals surface area contributed by atoms with Crippen LogP contribution in [0, 0.1) is 5.92 Å². The van der Waals surface area contributed by atoms with Crippen LogP contribution >= 0.6 is 0 Å². The minimum absolute atomic E-state index is 0.127. The molecule has 2 fully saturated rings. The summed E-state index contributed by atoms with van der Waals surface area (Å²) >= 11 is 0. The molecule has 6 nitrogen and oxygen atoms in total. The van der Waals surface area contributed by atoms with Gasteiger partial charge in [0.15, 0.2) is 0 Å². The highest BCUT2D eigenvalue weighted by molar-refractivity contribution is 5.99. The van der Waals surface area contributed by atoms with Crippen LogP contribution in [0.1, 0.15) is 84.6 Å². The first-order valence-corrected chi connectivity index (χ1v) is 12.8. The number of nitrogens with zero attached hydrogens (tertiary/aromatic N) is 3. The van der Waals surface area contributed by atoms with Gasteiger partial charge < -0.3 is 14.4 Å². The molecule has 0 saturated carbocycles. The van der Waals surface area contributed by atoms with Gasteiger partial charge in [-0.25, -0.2) is 0 Å². The van der Waals surface area contributed by atoms with Gasteiger partial charge in [0.2, 0.25) is 5.43 Å². The number of hydrogen-bond acceptors (Lipinski definition) is 3. The van der Waals surface area contributed by atoms with Crippen molar-refractivity contribution < 1.29 is 9.59 Å². The summed E-state index contributed by atoms with van der Waals surface area (Å²) in [6, 6.07) is 10.5. The summed E-state index contributed by atoms with van der Waals surface area (Å²) < 4.78 is 1.86. The van der Waals surface area contributed by atoms with E-state index < -0.39 is 5.43 Å². The van der Waals surface area contributed by atoms with E-state index in [2.05, 4.69) is 38.1 Å². The number of aromatic nitrogens is 1. The molecule has 4 rings (SSSR count). The molecule has 2 aliphatic heterocycles. The molecule has 0 aliphatic carbocycles. The molecule has 0 N–H and O–H groups in total. The third kappa shape index (κ3) is 5.60. The number of likely N-dealkylation sites (tertiary alicyclic amines) is 2. The van der Waals surface area contributed by atoms with Crippen molar-refractivity contribution in [2.75, 3.05) is 26.2 Å². The summed E-state index contributed by atoms with van der Waals surface area (Å²) in [4.78, 5) is 43.9. The Hall–Kier alpha value is -2.89. The second-order valence-corrected chi connectivity index (χ2v) is 10.2. The van der Waals surface area contributed by atoms with E-state index in [-0.39, 0.29) is 22.9 Å². The van der Waals surface area contributed by atoms with Crippen LogP contribution in [0.2, 0.25) is 0 Å². The minimum atomic E-state index is -0.426. The Morgan fingerprint density at radius 1 is 0.824 bits per heavy atom. The van der Waals surface area contributed by atoms with E-state index in [4.69, 9.17) is 0 Å². The fourth-order valence-corrected chi connectivity index (χ4v) is 5.26. The fourth-order valence-electron chi connectivity index (χ4n) is 5.26. The van der Waals surface area contributed by atoms with Gasteiger partial charge in [0.25, 0.3) is 11.8 Å². The van der Waals surface area contributed by atoms with Crippen molar-refractivity contribution in [2.45, 2.75) is 64.8 Å². The second-order valence-electron chi connectivity index (χ2n) is 10.2. The predicted molar refractivity (Wildman–Crippen MR) is 134 cm³/mol. The lowest BCUT2D eigenvalue weighted by Gasteiger charge is -2.27. The molecule has 34 heavy (non-hydrogen) atoms. The Morgan fingerprint density at radius 3 is 2.03 bits per heavy atom. The largest absolute Gasteiger partial charge is 0.352 e. The van der Waals surface area contributed by atoms with Crippen LogP contribution in [0.25, 0.3) is 0 Å². The zero-order chi connectivity index (χ0) is 24.1. The Morgan fingerprint density at radius 2 is 1.41 bits per heavy atom. The summed E-state index contributed by atoms with van der Waals surface area (Å²) in [6.07, 6.45) is 9.15. The van der Waals surface area contributed by atoms with E-state index in [0.29, 0.717) is 44.6 Å². The first-order valence-electron chi connectivity index (χ1n) is 12.8. The van der Waals surface area contributed by atoms with Crippen molar-refractivity contribution in [3.05, 3.63) is 69.6 Å². The average Bonchev–Trinajstić information content (AvgIpc) is 3.11. The van der Waals surface area contributed by atoms with Gasteiger partial charge in [-0.15, -0.1) is 0 Å². The molecule has 1 atom stereocenters. The molecule has 6 heteroatoms. The number of hydrogen-bond donors (Lipinski definition) is 0. The molecule has 2 saturated heterocycles. The van der Waals surface area contributed by atoms with Crippen LogP contribution in [-0.2, 0) is 6.54 Å². The van der Waals surface area contributed by atoms with Crippen molar-refractivity contribution in [3.8, 4) is 0 Å². The van der Waals surface area contributed by atoms with Gasteiger partial charge in [-0.2, -0.15) is 0 Å². The van der Waals surface area contributed by atoms with Gasteiger partial charge in [0.05, 0.1) is 0 Å². The summed E-state index contributed by atoms with van der Waals surface area (Å²) in [5.74, 6) is 0.262. The smallest absolute Gasteiger partial charge is 0.259 e. The zero-order valence-corrected chi connectivity index (χ0v) is 20.5. The number of rotatable bonds is 5.